The summed E-state index contributed by atoms with van der Waals surface area (Å²) in [6.07, 6.45) is 2.66. The smallest absolute Gasteiger partial charge is 0.285 e. The molecule has 0 saturated carbocycles. The Morgan fingerprint density at radius 3 is 2.73 bits per heavy atom. The molecule has 2 fully saturated rings. The lowest BCUT2D eigenvalue weighted by Gasteiger charge is -2.26. The third-order valence-corrected chi connectivity index (χ3v) is 7.58. The van der Waals surface area contributed by atoms with Crippen molar-refractivity contribution in [2.75, 3.05) is 30.4 Å². The minimum Gasteiger partial charge on any atom is -0.494 e. The fraction of sp³-hybridized carbons (Fsp3) is 0.348. The second-order valence-electron chi connectivity index (χ2n) is 8.26. The second kappa shape index (κ2) is 8.18. The van der Waals surface area contributed by atoms with Crippen molar-refractivity contribution in [1.29, 1.82) is 0 Å². The molecule has 2 saturated heterocycles. The SMILES string of the molecule is COc1cc(NC(=O)[C@H]2CCCN2C2=NS(=O)(=O)c3ccccc32)ccc1N1CCCC1=O. The summed E-state index contributed by atoms with van der Waals surface area (Å²) < 4.78 is 34.4. The van der Waals surface area contributed by atoms with E-state index >= 15 is 0 Å². The lowest BCUT2D eigenvalue weighted by Crippen LogP contribution is -2.43. The van der Waals surface area contributed by atoms with E-state index in [0.717, 1.165) is 12.8 Å². The number of nitrogens with one attached hydrogen (secondary N) is 1. The highest BCUT2D eigenvalue weighted by atomic mass is 32.2. The van der Waals surface area contributed by atoms with Gasteiger partial charge in [0.15, 0.2) is 5.84 Å². The molecule has 2 aromatic rings. The van der Waals surface area contributed by atoms with E-state index in [1.165, 1.54) is 13.2 Å². The van der Waals surface area contributed by atoms with Gasteiger partial charge >= 0.3 is 0 Å². The first kappa shape index (κ1) is 21.4. The highest BCUT2D eigenvalue weighted by molar-refractivity contribution is 7.90. The summed E-state index contributed by atoms with van der Waals surface area (Å²) in [5.74, 6) is 0.638. The average molecular weight is 469 g/mol. The topological polar surface area (TPSA) is 108 Å². The monoisotopic (exact) mass is 468 g/mol. The third-order valence-electron chi connectivity index (χ3n) is 6.25. The summed E-state index contributed by atoms with van der Waals surface area (Å²) in [5.41, 5.74) is 1.75. The Bertz CT molecular complexity index is 1270. The van der Waals surface area contributed by atoms with Crippen molar-refractivity contribution in [3.63, 3.8) is 0 Å². The van der Waals surface area contributed by atoms with Crippen LogP contribution in [0.1, 0.15) is 31.2 Å². The predicted octanol–water partition coefficient (Wildman–Crippen LogP) is 2.37. The summed E-state index contributed by atoms with van der Waals surface area (Å²) in [5, 5.41) is 2.92. The molecule has 172 valence electrons. The number of hydrogen-bond donors (Lipinski definition) is 1. The van der Waals surface area contributed by atoms with Crippen LogP contribution in [0.4, 0.5) is 11.4 Å². The van der Waals surface area contributed by atoms with Gasteiger partial charge in [-0.05, 0) is 43.5 Å². The van der Waals surface area contributed by atoms with Gasteiger partial charge in [-0.2, -0.15) is 8.42 Å². The normalized spacial score (nSPS) is 21.2. The predicted molar refractivity (Wildman–Crippen MR) is 123 cm³/mol. The van der Waals surface area contributed by atoms with E-state index in [0.29, 0.717) is 54.5 Å². The van der Waals surface area contributed by atoms with E-state index in [1.54, 1.807) is 46.2 Å². The number of hydrogen-bond acceptors (Lipinski definition) is 6. The van der Waals surface area contributed by atoms with Crippen LogP contribution < -0.4 is 15.0 Å². The number of carbonyl (C=O) groups is 2. The summed E-state index contributed by atoms with van der Waals surface area (Å²) in [7, 11) is -2.23. The zero-order chi connectivity index (χ0) is 23.2. The van der Waals surface area contributed by atoms with Crippen molar-refractivity contribution in [2.45, 2.75) is 36.6 Å². The van der Waals surface area contributed by atoms with Gasteiger partial charge in [0, 0.05) is 36.8 Å². The van der Waals surface area contributed by atoms with Gasteiger partial charge in [-0.3, -0.25) is 9.59 Å². The molecular formula is C23H24N4O5S. The molecule has 0 aromatic heterocycles. The number of nitrogens with zero attached hydrogens (tertiary/aromatic N) is 3. The lowest BCUT2D eigenvalue weighted by atomic mass is 10.1. The van der Waals surface area contributed by atoms with Gasteiger partial charge in [0.25, 0.3) is 10.0 Å². The summed E-state index contributed by atoms with van der Waals surface area (Å²) in [4.78, 5) is 28.9. The van der Waals surface area contributed by atoms with Crippen LogP contribution in [0.3, 0.4) is 0 Å². The highest BCUT2D eigenvalue weighted by Crippen LogP contribution is 2.35. The molecular weight excluding hydrogens is 444 g/mol. The van der Waals surface area contributed by atoms with Crippen LogP contribution >= 0.6 is 0 Å². The molecule has 0 bridgehead atoms. The number of anilines is 2. The van der Waals surface area contributed by atoms with Gasteiger partial charge in [-0.25, -0.2) is 0 Å². The van der Waals surface area contributed by atoms with Crippen LogP contribution in [0, 0.1) is 0 Å². The molecule has 5 rings (SSSR count). The fourth-order valence-electron chi connectivity index (χ4n) is 4.70. The van der Waals surface area contributed by atoms with E-state index in [1.807, 2.05) is 0 Å². The number of amides is 2. The fourth-order valence-corrected chi connectivity index (χ4v) is 5.91. The van der Waals surface area contributed by atoms with Crippen LogP contribution in [0.25, 0.3) is 0 Å². The number of carbonyl (C=O) groups excluding carboxylic acids is 2. The average Bonchev–Trinajstić information content (AvgIpc) is 3.52. The van der Waals surface area contributed by atoms with E-state index in [2.05, 4.69) is 9.71 Å². The molecule has 0 aliphatic carbocycles. The molecule has 1 N–H and O–H groups in total. The van der Waals surface area contributed by atoms with Gasteiger partial charge < -0.3 is 19.9 Å². The van der Waals surface area contributed by atoms with E-state index in [4.69, 9.17) is 4.74 Å². The van der Waals surface area contributed by atoms with Crippen molar-refractivity contribution < 1.29 is 22.7 Å². The standard InChI is InChI=1S/C23H24N4O5S/c1-32-19-14-15(10-11-17(19)26-12-5-9-21(26)28)24-23(29)18-7-4-13-27(18)22-16-6-2-3-8-20(16)33(30,31)25-22/h2-3,6,8,10-11,14,18H,4-5,7,9,12-13H2,1H3,(H,24,29)/t18-/m1/s1. The first-order valence-corrected chi connectivity index (χ1v) is 12.3. The van der Waals surface area contributed by atoms with Gasteiger partial charge in [0.1, 0.15) is 16.7 Å². The van der Waals surface area contributed by atoms with Crippen LogP contribution in [0.2, 0.25) is 0 Å². The Morgan fingerprint density at radius 1 is 1.15 bits per heavy atom. The first-order chi connectivity index (χ1) is 15.9. The molecule has 33 heavy (non-hydrogen) atoms. The Balaban J connectivity index is 1.38. The van der Waals surface area contributed by atoms with Crippen LogP contribution in [0.15, 0.2) is 51.8 Å². The first-order valence-electron chi connectivity index (χ1n) is 10.9. The maximum absolute atomic E-state index is 13.2. The minimum atomic E-state index is -3.76. The zero-order valence-corrected chi connectivity index (χ0v) is 19.0. The highest BCUT2D eigenvalue weighted by Gasteiger charge is 2.39. The number of amidine groups is 1. The molecule has 0 unspecified atom stereocenters. The van der Waals surface area contributed by atoms with Crippen molar-refractivity contribution >= 4 is 39.0 Å². The maximum atomic E-state index is 13.2. The molecule has 1 atom stereocenters. The Labute approximate surface area is 192 Å². The van der Waals surface area contributed by atoms with Gasteiger partial charge in [-0.1, -0.05) is 12.1 Å². The van der Waals surface area contributed by atoms with Gasteiger partial charge in [0.05, 0.1) is 12.8 Å². The van der Waals surface area contributed by atoms with Crippen LogP contribution in [0.5, 0.6) is 5.75 Å². The van der Waals surface area contributed by atoms with Crippen LogP contribution in [-0.2, 0) is 19.6 Å². The molecule has 9 nitrogen and oxygen atoms in total. The number of methoxy groups -OCH3 is 1. The number of sulfonamides is 1. The summed E-state index contributed by atoms with van der Waals surface area (Å²) >= 11 is 0. The Hall–Kier alpha value is -3.40. The third kappa shape index (κ3) is 3.74. The summed E-state index contributed by atoms with van der Waals surface area (Å²) in [6.45, 7) is 1.19. The molecule has 2 aromatic carbocycles. The molecule has 3 aliphatic rings. The zero-order valence-electron chi connectivity index (χ0n) is 18.2. The Kier molecular flexibility index (Phi) is 5.32. The van der Waals surface area contributed by atoms with E-state index in [9.17, 15) is 18.0 Å². The van der Waals surface area contributed by atoms with Crippen molar-refractivity contribution in [2.24, 2.45) is 4.40 Å². The summed E-state index contributed by atoms with van der Waals surface area (Å²) in [6, 6.07) is 11.3. The minimum absolute atomic E-state index is 0.0549. The quantitative estimate of drug-likeness (QED) is 0.738. The number of benzene rings is 2. The molecule has 2 amide bonds. The second-order valence-corrected chi connectivity index (χ2v) is 9.83. The van der Waals surface area contributed by atoms with Crippen molar-refractivity contribution in [3.05, 3.63) is 48.0 Å². The number of fused-ring (bicyclic) bond motifs is 1. The van der Waals surface area contributed by atoms with Crippen molar-refractivity contribution in [1.82, 2.24) is 4.90 Å². The number of ether oxygens (including phenoxy) is 1. The molecule has 10 heteroatoms. The molecule has 3 heterocycles. The van der Waals surface area contributed by atoms with E-state index < -0.39 is 16.1 Å². The Morgan fingerprint density at radius 2 is 1.97 bits per heavy atom. The largest absolute Gasteiger partial charge is 0.494 e. The van der Waals surface area contributed by atoms with E-state index in [-0.39, 0.29) is 16.7 Å². The number of rotatable bonds is 4. The molecule has 0 spiro atoms. The lowest BCUT2D eigenvalue weighted by molar-refractivity contribution is -0.119. The van der Waals surface area contributed by atoms with Gasteiger partial charge in [-0.15, -0.1) is 4.40 Å². The molecule has 0 radical (unpaired) electrons. The number of likely N-dealkylation sites (tertiary alicyclic amines) is 1. The molecule has 3 aliphatic heterocycles. The van der Waals surface area contributed by atoms with Gasteiger partial charge in [0.2, 0.25) is 11.8 Å². The maximum Gasteiger partial charge on any atom is 0.285 e. The van der Waals surface area contributed by atoms with Crippen LogP contribution in [-0.4, -0.2) is 57.2 Å². The van der Waals surface area contributed by atoms with Crippen molar-refractivity contribution in [3.8, 4) is 5.75 Å².